The van der Waals surface area contributed by atoms with Gasteiger partial charge in [0.05, 0.1) is 6.04 Å². The van der Waals surface area contributed by atoms with Crippen LogP contribution < -0.4 is 5.32 Å². The summed E-state index contributed by atoms with van der Waals surface area (Å²) in [5.41, 5.74) is 3.80. The quantitative estimate of drug-likeness (QED) is 0.847. The molecule has 2 aromatic rings. The molecule has 4 rings (SSSR count). The molecule has 30 heavy (non-hydrogen) atoms. The van der Waals surface area contributed by atoms with Gasteiger partial charge in [-0.15, -0.1) is 0 Å². The topological polar surface area (TPSA) is 57.6 Å². The summed E-state index contributed by atoms with van der Waals surface area (Å²) < 4.78 is 2.18. The third-order valence-corrected chi connectivity index (χ3v) is 6.59. The van der Waals surface area contributed by atoms with Crippen molar-refractivity contribution in [3.63, 3.8) is 0 Å². The van der Waals surface area contributed by atoms with Crippen molar-refractivity contribution in [3.05, 3.63) is 35.5 Å². The van der Waals surface area contributed by atoms with E-state index in [1.54, 1.807) is 6.92 Å². The summed E-state index contributed by atoms with van der Waals surface area (Å²) in [6.07, 6.45) is 4.72. The minimum Gasteiger partial charge on any atom is -0.350 e. The summed E-state index contributed by atoms with van der Waals surface area (Å²) in [6.45, 7) is 8.77. The molecule has 162 valence electrons. The summed E-state index contributed by atoms with van der Waals surface area (Å²) >= 11 is 0. The maximum atomic E-state index is 13.6. The minimum atomic E-state index is -0.240. The van der Waals surface area contributed by atoms with E-state index in [0.29, 0.717) is 32.0 Å². The number of amides is 2. The Morgan fingerprint density at radius 3 is 2.60 bits per heavy atom. The monoisotopic (exact) mass is 410 g/mol. The van der Waals surface area contributed by atoms with Crippen LogP contribution in [-0.2, 0) is 23.1 Å². The second-order valence-electron chi connectivity index (χ2n) is 9.30. The largest absolute Gasteiger partial charge is 0.350 e. The fraction of sp³-hybridized carbons (Fsp3) is 0.583. The average molecular weight is 411 g/mol. The lowest BCUT2D eigenvalue weighted by atomic mass is 9.94. The van der Waals surface area contributed by atoms with Gasteiger partial charge in [0.15, 0.2) is 0 Å². The van der Waals surface area contributed by atoms with E-state index in [1.165, 1.54) is 22.0 Å². The summed E-state index contributed by atoms with van der Waals surface area (Å²) in [5.74, 6) is 0.788. The van der Waals surface area contributed by atoms with Crippen molar-refractivity contribution >= 4 is 22.7 Å². The van der Waals surface area contributed by atoms with Gasteiger partial charge in [-0.3, -0.25) is 14.9 Å². The van der Waals surface area contributed by atoms with Crippen LogP contribution in [0.3, 0.4) is 0 Å². The number of hydrogen-bond acceptors (Lipinski definition) is 3. The van der Waals surface area contributed by atoms with Gasteiger partial charge in [0.1, 0.15) is 0 Å². The molecule has 1 N–H and O–H groups in total. The second-order valence-corrected chi connectivity index (χ2v) is 9.30. The van der Waals surface area contributed by atoms with Gasteiger partial charge in [-0.1, -0.05) is 26.0 Å². The van der Waals surface area contributed by atoms with Crippen LogP contribution in [0, 0.1) is 5.92 Å². The van der Waals surface area contributed by atoms with Crippen LogP contribution in [0.5, 0.6) is 0 Å². The lowest BCUT2D eigenvalue weighted by molar-refractivity contribution is -0.134. The zero-order chi connectivity index (χ0) is 21.4. The first-order valence-electron chi connectivity index (χ1n) is 11.2. The zero-order valence-electron chi connectivity index (χ0n) is 18.6. The molecule has 1 fully saturated rings. The van der Waals surface area contributed by atoms with Crippen LogP contribution in [0.25, 0.3) is 10.9 Å². The molecule has 0 unspecified atom stereocenters. The molecule has 0 spiro atoms. The average Bonchev–Trinajstić information content (AvgIpc) is 2.87. The number of benzene rings is 1. The normalized spacial score (nSPS) is 22.3. The predicted molar refractivity (Wildman–Crippen MR) is 119 cm³/mol. The number of carbonyl (C=O) groups is 2. The summed E-state index contributed by atoms with van der Waals surface area (Å²) in [6, 6.07) is 6.43. The van der Waals surface area contributed by atoms with Crippen LogP contribution >= 0.6 is 0 Å². The van der Waals surface area contributed by atoms with E-state index in [4.69, 9.17) is 0 Å². The molecule has 1 aromatic carbocycles. The molecule has 0 saturated carbocycles. The Bertz CT molecular complexity index is 948. The molecule has 2 aliphatic heterocycles. The van der Waals surface area contributed by atoms with E-state index in [9.17, 15) is 9.59 Å². The highest BCUT2D eigenvalue weighted by atomic mass is 16.2. The fourth-order valence-electron chi connectivity index (χ4n) is 5.12. The van der Waals surface area contributed by atoms with Crippen molar-refractivity contribution in [2.75, 3.05) is 26.2 Å². The van der Waals surface area contributed by atoms with Crippen molar-refractivity contribution in [1.29, 1.82) is 0 Å². The Balaban J connectivity index is 1.63. The Hall–Kier alpha value is -2.34. The predicted octanol–water partition coefficient (Wildman–Crippen LogP) is 2.86. The Morgan fingerprint density at radius 1 is 1.13 bits per heavy atom. The van der Waals surface area contributed by atoms with E-state index < -0.39 is 0 Å². The van der Waals surface area contributed by atoms with Crippen LogP contribution in [0.1, 0.15) is 50.8 Å². The first kappa shape index (κ1) is 20.9. The van der Waals surface area contributed by atoms with Crippen LogP contribution in [-0.4, -0.2) is 58.4 Å². The number of nitrogens with zero attached hydrogens (tertiary/aromatic N) is 3. The zero-order valence-corrected chi connectivity index (χ0v) is 18.6. The first-order chi connectivity index (χ1) is 14.3. The molecule has 6 nitrogen and oxygen atoms in total. The summed E-state index contributed by atoms with van der Waals surface area (Å²) in [4.78, 5) is 29.2. The van der Waals surface area contributed by atoms with Gasteiger partial charge in [-0.05, 0) is 42.4 Å². The Labute approximate surface area is 179 Å². The van der Waals surface area contributed by atoms with Gasteiger partial charge >= 0.3 is 0 Å². The molecular formula is C24H34N4O2. The van der Waals surface area contributed by atoms with Crippen LogP contribution in [0.15, 0.2) is 24.4 Å². The molecule has 2 atom stereocenters. The number of aromatic nitrogens is 1. The lowest BCUT2D eigenvalue weighted by Gasteiger charge is -2.29. The number of hydrogen-bond donors (Lipinski definition) is 1. The van der Waals surface area contributed by atoms with E-state index in [1.807, 2.05) is 9.80 Å². The molecule has 2 aliphatic rings. The van der Waals surface area contributed by atoms with Crippen LogP contribution in [0.4, 0.5) is 0 Å². The Morgan fingerprint density at radius 2 is 1.87 bits per heavy atom. The first-order valence-corrected chi connectivity index (χ1v) is 11.2. The van der Waals surface area contributed by atoms with Crippen LogP contribution in [0.2, 0.25) is 0 Å². The molecule has 1 aromatic heterocycles. The lowest BCUT2D eigenvalue weighted by Crippen LogP contribution is -2.49. The van der Waals surface area contributed by atoms with Gasteiger partial charge in [-0.25, -0.2) is 0 Å². The Kier molecular flexibility index (Phi) is 5.87. The van der Waals surface area contributed by atoms with Crippen molar-refractivity contribution in [3.8, 4) is 0 Å². The summed E-state index contributed by atoms with van der Waals surface area (Å²) in [7, 11) is 2.09. The SMILES string of the molecule is CC(=O)N1CCCN(C(=O)[C@@H]2Cc3cn(C)c4cccc(c34)[C@H](CC(C)C)N2)CC1. The van der Waals surface area contributed by atoms with Gasteiger partial charge in [0.2, 0.25) is 11.8 Å². The van der Waals surface area contributed by atoms with Gasteiger partial charge in [-0.2, -0.15) is 0 Å². The van der Waals surface area contributed by atoms with E-state index in [2.05, 4.69) is 55.2 Å². The van der Waals surface area contributed by atoms with Crippen molar-refractivity contribution in [2.45, 2.75) is 52.1 Å². The number of nitrogens with one attached hydrogen (secondary N) is 1. The van der Waals surface area contributed by atoms with Crippen molar-refractivity contribution in [2.24, 2.45) is 13.0 Å². The molecule has 1 saturated heterocycles. The molecule has 0 aliphatic carbocycles. The third-order valence-electron chi connectivity index (χ3n) is 6.59. The maximum absolute atomic E-state index is 13.6. The molecule has 0 bridgehead atoms. The number of carbonyl (C=O) groups excluding carboxylic acids is 2. The van der Waals surface area contributed by atoms with E-state index in [0.717, 1.165) is 19.4 Å². The van der Waals surface area contributed by atoms with E-state index >= 15 is 0 Å². The maximum Gasteiger partial charge on any atom is 0.240 e. The summed E-state index contributed by atoms with van der Waals surface area (Å²) in [5, 5.41) is 5.04. The van der Waals surface area contributed by atoms with Crippen molar-refractivity contribution in [1.82, 2.24) is 19.7 Å². The van der Waals surface area contributed by atoms with Gasteiger partial charge in [0.25, 0.3) is 0 Å². The molecule has 0 radical (unpaired) electrons. The second kappa shape index (κ2) is 8.42. The van der Waals surface area contributed by atoms with E-state index in [-0.39, 0.29) is 23.9 Å². The molecule has 2 amide bonds. The third kappa shape index (κ3) is 3.97. The highest BCUT2D eigenvalue weighted by molar-refractivity contribution is 5.90. The molecule has 6 heteroatoms. The minimum absolute atomic E-state index is 0.0935. The number of aryl methyl sites for hydroxylation is 1. The molecular weight excluding hydrogens is 376 g/mol. The molecule has 3 heterocycles. The highest BCUT2D eigenvalue weighted by Gasteiger charge is 2.33. The van der Waals surface area contributed by atoms with Gasteiger partial charge in [0, 0.05) is 63.3 Å². The standard InChI is InChI=1S/C24H34N4O2/c1-16(2)13-20-19-7-5-8-22-23(19)18(15-26(22)4)14-21(25-20)24(30)28-10-6-9-27(11-12-28)17(3)29/h5,7-8,15-16,20-21,25H,6,9-14H2,1-4H3/t20-,21-/m0/s1. The highest BCUT2D eigenvalue weighted by Crippen LogP contribution is 2.35. The number of rotatable bonds is 3. The van der Waals surface area contributed by atoms with Crippen molar-refractivity contribution < 1.29 is 9.59 Å². The van der Waals surface area contributed by atoms with Gasteiger partial charge < -0.3 is 14.4 Å². The fourth-order valence-corrected chi connectivity index (χ4v) is 5.12. The smallest absolute Gasteiger partial charge is 0.240 e.